The number of nitrogens with zero attached hydrogens (tertiary/aromatic N) is 2. The Hall–Kier alpha value is -3.45. The molecule has 1 saturated heterocycles. The number of aromatic nitrogens is 1. The Labute approximate surface area is 221 Å². The average Bonchev–Trinajstić information content (AvgIpc) is 3.28. The molecule has 2 unspecified atom stereocenters. The maximum absolute atomic E-state index is 13.4. The van der Waals surface area contributed by atoms with E-state index in [1.165, 1.54) is 22.8 Å². The molecule has 1 N–H and O–H groups in total. The molecule has 198 valence electrons. The molecular formula is C25H19F4N3O4S2. The summed E-state index contributed by atoms with van der Waals surface area (Å²) in [4.78, 5) is 53.4. The summed E-state index contributed by atoms with van der Waals surface area (Å²) < 4.78 is 53.6. The Morgan fingerprint density at radius 1 is 1.05 bits per heavy atom. The molecule has 2 aliphatic heterocycles. The first-order valence-electron chi connectivity index (χ1n) is 11.3. The number of amides is 3. The van der Waals surface area contributed by atoms with Gasteiger partial charge in [0.25, 0.3) is 0 Å². The second-order valence-electron chi connectivity index (χ2n) is 9.44. The van der Waals surface area contributed by atoms with Crippen molar-refractivity contribution < 1.29 is 31.9 Å². The number of halogens is 4. The second kappa shape index (κ2) is 9.09. The average molecular weight is 566 g/mol. The van der Waals surface area contributed by atoms with Gasteiger partial charge in [0.2, 0.25) is 17.7 Å². The number of hydrogen-bond acceptors (Lipinski definition) is 6. The van der Waals surface area contributed by atoms with Crippen LogP contribution in [0.2, 0.25) is 0 Å². The van der Waals surface area contributed by atoms with Gasteiger partial charge < -0.3 is 5.32 Å². The number of carbonyl (C=O) groups is 3. The summed E-state index contributed by atoms with van der Waals surface area (Å²) in [5.74, 6) is -3.04. The Balaban J connectivity index is 1.44. The van der Waals surface area contributed by atoms with E-state index >= 15 is 0 Å². The molecule has 0 saturated carbocycles. The molecule has 2 atom stereocenters. The van der Waals surface area contributed by atoms with Gasteiger partial charge in [-0.2, -0.15) is 13.2 Å². The lowest BCUT2D eigenvalue weighted by atomic mass is 9.76. The Kier molecular flexibility index (Phi) is 6.26. The summed E-state index contributed by atoms with van der Waals surface area (Å²) in [5.41, 5.74) is -1.73. The number of rotatable bonds is 4. The van der Waals surface area contributed by atoms with Crippen LogP contribution in [-0.2, 0) is 32.5 Å². The van der Waals surface area contributed by atoms with Crippen molar-refractivity contribution >= 4 is 52.2 Å². The second-order valence-corrected chi connectivity index (χ2v) is 11.5. The van der Waals surface area contributed by atoms with Crippen LogP contribution >= 0.6 is 23.1 Å². The number of fused-ring (bicyclic) bond motifs is 2. The highest BCUT2D eigenvalue weighted by Gasteiger charge is 2.59. The molecule has 13 heteroatoms. The normalized spacial score (nSPS) is 20.3. The van der Waals surface area contributed by atoms with E-state index in [0.29, 0.717) is 9.90 Å². The minimum atomic E-state index is -4.59. The van der Waals surface area contributed by atoms with Gasteiger partial charge in [0.05, 0.1) is 22.2 Å². The first kappa shape index (κ1) is 26.2. The summed E-state index contributed by atoms with van der Waals surface area (Å²) >= 11 is 1.86. The molecule has 2 aliphatic rings. The highest BCUT2D eigenvalue weighted by molar-refractivity contribution is 8.00. The zero-order chi connectivity index (χ0) is 27.6. The number of hydrogen-bond donors (Lipinski definition) is 1. The van der Waals surface area contributed by atoms with Crippen LogP contribution in [0.25, 0.3) is 0 Å². The molecule has 0 spiro atoms. The molecule has 0 bridgehead atoms. The molecule has 5 rings (SSSR count). The lowest BCUT2D eigenvalue weighted by Crippen LogP contribution is -2.41. The predicted octanol–water partition coefficient (Wildman–Crippen LogP) is 4.65. The largest absolute Gasteiger partial charge is 0.416 e. The van der Waals surface area contributed by atoms with Crippen LogP contribution in [0.4, 0.5) is 28.9 Å². The van der Waals surface area contributed by atoms with E-state index in [2.05, 4.69) is 5.32 Å². The quantitative estimate of drug-likeness (QED) is 0.368. The molecule has 0 radical (unpaired) electrons. The van der Waals surface area contributed by atoms with E-state index in [1.54, 1.807) is 13.8 Å². The lowest BCUT2D eigenvalue weighted by molar-refractivity contribution is -0.137. The number of thiazole rings is 1. The molecule has 1 fully saturated rings. The van der Waals surface area contributed by atoms with E-state index < -0.39 is 63.3 Å². The highest BCUT2D eigenvalue weighted by atomic mass is 32.2. The van der Waals surface area contributed by atoms with Crippen LogP contribution in [0.15, 0.2) is 58.4 Å². The van der Waals surface area contributed by atoms with E-state index in [4.69, 9.17) is 0 Å². The van der Waals surface area contributed by atoms with Gasteiger partial charge in [0.15, 0.2) is 0 Å². The Morgan fingerprint density at radius 3 is 2.39 bits per heavy atom. The Bertz CT molecular complexity index is 1530. The highest BCUT2D eigenvalue weighted by Crippen LogP contribution is 2.54. The molecule has 3 amide bonds. The first-order valence-corrected chi connectivity index (χ1v) is 13.0. The van der Waals surface area contributed by atoms with Crippen molar-refractivity contribution in [3.63, 3.8) is 0 Å². The zero-order valence-electron chi connectivity index (χ0n) is 19.8. The predicted molar refractivity (Wildman–Crippen MR) is 134 cm³/mol. The van der Waals surface area contributed by atoms with Crippen molar-refractivity contribution in [2.45, 2.75) is 42.3 Å². The first-order chi connectivity index (χ1) is 17.8. The standard InChI is InChI=1S/C25H19F4N3O4S2/c1-24(2)17-18(21(35)32(20(17)34)15-8-6-13(26)7-9-15)37-22-19(24)38-23(36)31(22)11-16(33)30-14-5-3-4-12(10-14)25(27,28)29/h3-10,17-18H,11H2,1-2H3,(H,30,33). The molecule has 3 aromatic rings. The maximum atomic E-state index is 13.4. The van der Waals surface area contributed by atoms with Gasteiger partial charge in [0.1, 0.15) is 17.6 Å². The van der Waals surface area contributed by atoms with Crippen molar-refractivity contribution in [2.24, 2.45) is 5.92 Å². The molecule has 0 aliphatic carbocycles. The third kappa shape index (κ3) is 4.33. The van der Waals surface area contributed by atoms with Crippen molar-refractivity contribution in [1.29, 1.82) is 0 Å². The molecule has 2 aromatic carbocycles. The fourth-order valence-corrected chi connectivity index (χ4v) is 7.77. The monoisotopic (exact) mass is 565 g/mol. The van der Waals surface area contributed by atoms with Gasteiger partial charge in [-0.15, -0.1) is 0 Å². The summed E-state index contributed by atoms with van der Waals surface area (Å²) in [7, 11) is 0. The van der Waals surface area contributed by atoms with Crippen LogP contribution in [0.5, 0.6) is 0 Å². The lowest BCUT2D eigenvalue weighted by Gasteiger charge is -2.36. The van der Waals surface area contributed by atoms with Crippen LogP contribution in [0, 0.1) is 11.7 Å². The SMILES string of the molecule is CC1(C)c2sc(=O)n(CC(=O)Nc3cccc(C(F)(F)F)c3)c2SC2C(=O)N(c3ccc(F)cc3)C(=O)C21. The Morgan fingerprint density at radius 2 is 1.74 bits per heavy atom. The van der Waals surface area contributed by atoms with Crippen LogP contribution in [0.3, 0.4) is 0 Å². The minimum Gasteiger partial charge on any atom is -0.325 e. The molecular weight excluding hydrogens is 546 g/mol. The topological polar surface area (TPSA) is 88.5 Å². The van der Waals surface area contributed by atoms with E-state index in [9.17, 15) is 36.7 Å². The number of anilines is 2. The third-order valence-electron chi connectivity index (χ3n) is 6.56. The van der Waals surface area contributed by atoms with Crippen LogP contribution in [-0.4, -0.2) is 27.5 Å². The molecule has 1 aromatic heterocycles. The van der Waals surface area contributed by atoms with Crippen molar-refractivity contribution in [3.8, 4) is 0 Å². The van der Waals surface area contributed by atoms with E-state index in [0.717, 1.165) is 58.3 Å². The molecule has 38 heavy (non-hydrogen) atoms. The summed E-state index contributed by atoms with van der Waals surface area (Å²) in [6.07, 6.45) is -4.59. The summed E-state index contributed by atoms with van der Waals surface area (Å²) in [6.45, 7) is 2.99. The minimum absolute atomic E-state index is 0.0819. The van der Waals surface area contributed by atoms with Gasteiger partial charge >= 0.3 is 11.0 Å². The smallest absolute Gasteiger partial charge is 0.325 e. The van der Waals surface area contributed by atoms with E-state index in [-0.39, 0.29) is 11.4 Å². The molecule has 7 nitrogen and oxygen atoms in total. The van der Waals surface area contributed by atoms with Crippen LogP contribution in [0.1, 0.15) is 24.3 Å². The number of carbonyl (C=O) groups excluding carboxylic acids is 3. The van der Waals surface area contributed by atoms with Gasteiger partial charge in [-0.1, -0.05) is 43.0 Å². The van der Waals surface area contributed by atoms with Gasteiger partial charge in [-0.05, 0) is 42.5 Å². The number of benzene rings is 2. The third-order valence-corrected chi connectivity index (χ3v) is 9.39. The van der Waals surface area contributed by atoms with Gasteiger partial charge in [-0.3, -0.25) is 23.7 Å². The van der Waals surface area contributed by atoms with E-state index in [1.807, 2.05) is 0 Å². The number of thioether (sulfide) groups is 1. The van der Waals surface area contributed by atoms with Crippen molar-refractivity contribution in [1.82, 2.24) is 4.57 Å². The zero-order valence-corrected chi connectivity index (χ0v) is 21.5. The summed E-state index contributed by atoms with van der Waals surface area (Å²) in [6, 6.07) is 9.09. The summed E-state index contributed by atoms with van der Waals surface area (Å²) in [5, 5.41) is 1.85. The number of alkyl halides is 3. The number of imide groups is 1. The van der Waals surface area contributed by atoms with Crippen molar-refractivity contribution in [2.75, 3.05) is 10.2 Å². The fourth-order valence-electron chi connectivity index (χ4n) is 4.73. The molecule has 3 heterocycles. The van der Waals surface area contributed by atoms with Gasteiger partial charge in [0, 0.05) is 16.0 Å². The number of nitrogens with one attached hydrogen (secondary N) is 1. The fraction of sp³-hybridized carbons (Fsp3) is 0.280. The van der Waals surface area contributed by atoms with Gasteiger partial charge in [-0.25, -0.2) is 9.29 Å². The van der Waals surface area contributed by atoms with Crippen molar-refractivity contribution in [3.05, 3.63) is 74.5 Å². The maximum Gasteiger partial charge on any atom is 0.416 e. The van der Waals surface area contributed by atoms with Crippen LogP contribution < -0.4 is 15.1 Å².